The molecule has 1 saturated carbocycles. The molecule has 1 fully saturated rings. The van der Waals surface area contributed by atoms with E-state index in [4.69, 9.17) is 4.52 Å². The predicted molar refractivity (Wildman–Crippen MR) is 103 cm³/mol. The Morgan fingerprint density at radius 2 is 1.80 bits per heavy atom. The third kappa shape index (κ3) is 3.22. The minimum Gasteiger partial charge on any atom is -0.337 e. The number of aromatic nitrogens is 2. The molecular formula is C20H17FN4O4S. The van der Waals surface area contributed by atoms with E-state index in [1.165, 1.54) is 35.2 Å². The lowest BCUT2D eigenvalue weighted by molar-refractivity contribution is 0.225. The van der Waals surface area contributed by atoms with Crippen LogP contribution in [-0.4, -0.2) is 28.9 Å². The van der Waals surface area contributed by atoms with Crippen LogP contribution in [0.5, 0.6) is 0 Å². The maximum Gasteiger partial charge on any atom is 0.339 e. The summed E-state index contributed by atoms with van der Waals surface area (Å²) in [6, 6.07) is 10.9. The van der Waals surface area contributed by atoms with Crippen molar-refractivity contribution < 1.29 is 22.1 Å². The zero-order valence-corrected chi connectivity index (χ0v) is 16.5. The summed E-state index contributed by atoms with van der Waals surface area (Å²) in [4.78, 5) is 18.9. The van der Waals surface area contributed by atoms with Crippen LogP contribution in [0.25, 0.3) is 0 Å². The van der Waals surface area contributed by atoms with Crippen LogP contribution in [0.15, 0.2) is 57.9 Å². The Kier molecular flexibility index (Phi) is 4.31. The van der Waals surface area contributed by atoms with Gasteiger partial charge in [-0.1, -0.05) is 29.4 Å². The van der Waals surface area contributed by atoms with Gasteiger partial charge in [-0.15, -0.1) is 0 Å². The van der Waals surface area contributed by atoms with Gasteiger partial charge in [0.1, 0.15) is 17.3 Å². The second-order valence-corrected chi connectivity index (χ2v) is 9.13. The van der Waals surface area contributed by atoms with Crippen molar-refractivity contribution in [2.75, 3.05) is 4.90 Å². The molecule has 0 bridgehead atoms. The smallest absolute Gasteiger partial charge is 0.337 e. The van der Waals surface area contributed by atoms with Gasteiger partial charge in [0.25, 0.3) is 10.0 Å². The van der Waals surface area contributed by atoms with Crippen LogP contribution in [0, 0.1) is 5.82 Å². The molecule has 5 rings (SSSR count). The van der Waals surface area contributed by atoms with Crippen molar-refractivity contribution >= 4 is 21.7 Å². The lowest BCUT2D eigenvalue weighted by Gasteiger charge is -2.35. The number of hydrogen-bond acceptors (Lipinski definition) is 6. The van der Waals surface area contributed by atoms with E-state index in [9.17, 15) is 17.6 Å². The summed E-state index contributed by atoms with van der Waals surface area (Å²) in [7, 11) is -4.08. The van der Waals surface area contributed by atoms with E-state index >= 15 is 0 Å². The molecule has 2 aromatic carbocycles. The standard InChI is InChI=1S/C20H17FN4O4S/c21-15-9-5-13(6-10-15)11-25-20(26)24(12-18-22-19(23-29-18)14-7-8-14)16-3-1-2-4-17(16)30(25,27)28/h1-6,9-10,14H,7-8,11-12H2. The van der Waals surface area contributed by atoms with Crippen molar-refractivity contribution in [1.82, 2.24) is 14.4 Å². The van der Waals surface area contributed by atoms with Crippen LogP contribution in [0.1, 0.15) is 36.0 Å². The van der Waals surface area contributed by atoms with E-state index in [2.05, 4.69) is 10.1 Å². The van der Waals surface area contributed by atoms with Gasteiger partial charge in [-0.05, 0) is 42.7 Å². The molecule has 0 atom stereocenters. The molecule has 8 nitrogen and oxygen atoms in total. The van der Waals surface area contributed by atoms with Crippen LogP contribution in [0.2, 0.25) is 0 Å². The fourth-order valence-corrected chi connectivity index (χ4v) is 4.95. The summed E-state index contributed by atoms with van der Waals surface area (Å²) in [6.45, 7) is -0.269. The average molecular weight is 428 g/mol. The first kappa shape index (κ1) is 18.7. The van der Waals surface area contributed by atoms with E-state index in [1.807, 2.05) is 0 Å². The van der Waals surface area contributed by atoms with Crippen LogP contribution >= 0.6 is 0 Å². The molecule has 0 N–H and O–H groups in total. The number of carbonyl (C=O) groups excluding carboxylic acids is 1. The van der Waals surface area contributed by atoms with Crippen LogP contribution < -0.4 is 4.90 Å². The lowest BCUT2D eigenvalue weighted by atomic mass is 10.2. The van der Waals surface area contributed by atoms with Crippen molar-refractivity contribution in [2.24, 2.45) is 0 Å². The molecule has 10 heteroatoms. The van der Waals surface area contributed by atoms with Gasteiger partial charge in [0.15, 0.2) is 5.82 Å². The van der Waals surface area contributed by atoms with E-state index in [0.717, 1.165) is 17.1 Å². The highest BCUT2D eigenvalue weighted by atomic mass is 32.2. The molecule has 0 unspecified atom stereocenters. The van der Waals surface area contributed by atoms with Gasteiger partial charge in [0, 0.05) is 5.92 Å². The fraction of sp³-hybridized carbons (Fsp3) is 0.250. The number of halogens is 1. The molecule has 0 saturated heterocycles. The Balaban J connectivity index is 1.52. The largest absolute Gasteiger partial charge is 0.339 e. The lowest BCUT2D eigenvalue weighted by Crippen LogP contribution is -2.50. The second kappa shape index (κ2) is 6.91. The highest BCUT2D eigenvalue weighted by molar-refractivity contribution is 7.90. The minimum atomic E-state index is -4.08. The molecule has 2 aliphatic rings. The maximum atomic E-state index is 13.2. The first-order chi connectivity index (χ1) is 14.4. The zero-order chi connectivity index (χ0) is 20.9. The number of nitrogens with zero attached hydrogens (tertiary/aromatic N) is 4. The molecule has 3 aromatic rings. The molecule has 30 heavy (non-hydrogen) atoms. The van der Waals surface area contributed by atoms with E-state index in [1.54, 1.807) is 18.2 Å². The number of benzene rings is 2. The first-order valence-electron chi connectivity index (χ1n) is 9.43. The molecule has 2 heterocycles. The van der Waals surface area contributed by atoms with Gasteiger partial charge in [0.05, 0.1) is 12.2 Å². The third-order valence-corrected chi connectivity index (χ3v) is 6.89. The van der Waals surface area contributed by atoms with Crippen molar-refractivity contribution in [3.63, 3.8) is 0 Å². The topological polar surface area (TPSA) is 96.6 Å². The number of fused-ring (bicyclic) bond motifs is 1. The summed E-state index contributed by atoms with van der Waals surface area (Å²) in [5.41, 5.74) is 0.741. The number of carbonyl (C=O) groups is 1. The van der Waals surface area contributed by atoms with Crippen molar-refractivity contribution in [3.05, 3.63) is 71.6 Å². The Hall–Kier alpha value is -3.27. The number of sulfonamides is 1. The summed E-state index contributed by atoms with van der Waals surface area (Å²) >= 11 is 0. The quantitative estimate of drug-likeness (QED) is 0.618. The SMILES string of the molecule is O=C1N(Cc2nc(C3CC3)no2)c2ccccc2S(=O)(=O)N1Cc1ccc(F)cc1. The molecular weight excluding hydrogens is 411 g/mol. The zero-order valence-electron chi connectivity index (χ0n) is 15.7. The predicted octanol–water partition coefficient (Wildman–Crippen LogP) is 3.42. The van der Waals surface area contributed by atoms with Crippen molar-refractivity contribution in [2.45, 2.75) is 36.7 Å². The number of hydrogen-bond donors (Lipinski definition) is 0. The van der Waals surface area contributed by atoms with Gasteiger partial charge >= 0.3 is 6.03 Å². The number of urea groups is 1. The highest BCUT2D eigenvalue weighted by Gasteiger charge is 2.42. The summed E-state index contributed by atoms with van der Waals surface area (Å²) in [6.07, 6.45) is 2.02. The normalized spacial score (nSPS) is 17.8. The second-order valence-electron chi connectivity index (χ2n) is 7.30. The number of anilines is 1. The molecule has 1 aliphatic heterocycles. The monoisotopic (exact) mass is 428 g/mol. The summed E-state index contributed by atoms with van der Waals surface area (Å²) in [5.74, 6) is 0.697. The summed E-state index contributed by atoms with van der Waals surface area (Å²) < 4.78 is 45.6. The van der Waals surface area contributed by atoms with E-state index in [-0.39, 0.29) is 29.6 Å². The van der Waals surface area contributed by atoms with Gasteiger partial charge in [-0.25, -0.2) is 21.9 Å². The molecule has 0 spiro atoms. The van der Waals surface area contributed by atoms with Gasteiger partial charge in [-0.2, -0.15) is 4.98 Å². The van der Waals surface area contributed by atoms with Gasteiger partial charge < -0.3 is 4.52 Å². The highest BCUT2D eigenvalue weighted by Crippen LogP contribution is 2.39. The number of para-hydroxylation sites is 1. The molecule has 154 valence electrons. The van der Waals surface area contributed by atoms with Crippen LogP contribution in [0.3, 0.4) is 0 Å². The summed E-state index contributed by atoms with van der Waals surface area (Å²) in [5, 5.41) is 3.96. The van der Waals surface area contributed by atoms with Crippen molar-refractivity contribution in [3.8, 4) is 0 Å². The van der Waals surface area contributed by atoms with Gasteiger partial charge in [0.2, 0.25) is 5.89 Å². The molecule has 0 radical (unpaired) electrons. The third-order valence-electron chi connectivity index (χ3n) is 5.13. The molecule has 2 amide bonds. The van der Waals surface area contributed by atoms with Crippen molar-refractivity contribution in [1.29, 1.82) is 0 Å². The Bertz CT molecular complexity index is 1220. The number of rotatable bonds is 5. The number of amides is 2. The van der Waals surface area contributed by atoms with Gasteiger partial charge in [-0.3, -0.25) is 4.90 Å². The van der Waals surface area contributed by atoms with Crippen LogP contribution in [0.4, 0.5) is 14.9 Å². The Morgan fingerprint density at radius 1 is 1.07 bits per heavy atom. The minimum absolute atomic E-state index is 0.00800. The Labute approximate surface area is 172 Å². The van der Waals surface area contributed by atoms with Crippen LogP contribution in [-0.2, 0) is 23.1 Å². The maximum absolute atomic E-state index is 13.2. The average Bonchev–Trinajstić information content (AvgIpc) is 3.49. The molecule has 1 aromatic heterocycles. The van der Waals surface area contributed by atoms with E-state index < -0.39 is 21.9 Å². The fourth-order valence-electron chi connectivity index (χ4n) is 3.39. The molecule has 1 aliphatic carbocycles. The first-order valence-corrected chi connectivity index (χ1v) is 10.9. The van der Waals surface area contributed by atoms with E-state index in [0.29, 0.717) is 17.3 Å². The Morgan fingerprint density at radius 3 is 2.53 bits per heavy atom.